The van der Waals surface area contributed by atoms with Gasteiger partial charge in [0.15, 0.2) is 0 Å². The molecule has 2 nitrogen and oxygen atoms in total. The van der Waals surface area contributed by atoms with Gasteiger partial charge in [-0.25, -0.2) is 0 Å². The molecule has 80 valence electrons. The zero-order valence-corrected chi connectivity index (χ0v) is 10.4. The molecule has 0 fully saturated rings. The van der Waals surface area contributed by atoms with Crippen LogP contribution in [0.1, 0.15) is 12.0 Å². The molecule has 0 bridgehead atoms. The molecule has 3 heteroatoms. The Morgan fingerprint density at radius 3 is 3.07 bits per heavy atom. The number of para-hydroxylation sites is 1. The van der Waals surface area contributed by atoms with Crippen molar-refractivity contribution in [2.75, 3.05) is 13.6 Å². The minimum atomic E-state index is 1.07. The van der Waals surface area contributed by atoms with E-state index >= 15 is 0 Å². The van der Waals surface area contributed by atoms with Crippen molar-refractivity contribution in [2.45, 2.75) is 12.8 Å². The lowest BCUT2D eigenvalue weighted by Gasteiger charge is -1.99. The van der Waals surface area contributed by atoms with E-state index in [2.05, 4.69) is 50.6 Å². The topological polar surface area (TPSA) is 27.8 Å². The highest BCUT2D eigenvalue weighted by atomic mass is 79.9. The fraction of sp³-hybridized carbons (Fsp3) is 0.333. The highest BCUT2D eigenvalue weighted by Gasteiger charge is 2.04. The first-order valence-corrected chi connectivity index (χ1v) is 6.01. The Morgan fingerprint density at radius 1 is 1.40 bits per heavy atom. The highest BCUT2D eigenvalue weighted by Crippen LogP contribution is 2.26. The zero-order valence-electron chi connectivity index (χ0n) is 8.81. The molecule has 0 unspecified atom stereocenters. The van der Waals surface area contributed by atoms with Gasteiger partial charge >= 0.3 is 0 Å². The molecule has 1 aromatic heterocycles. The maximum absolute atomic E-state index is 3.55. The van der Waals surface area contributed by atoms with Crippen LogP contribution in [0.25, 0.3) is 10.9 Å². The van der Waals surface area contributed by atoms with E-state index in [1.165, 1.54) is 22.9 Å². The smallest absolute Gasteiger partial charge is 0.0601 e. The van der Waals surface area contributed by atoms with Gasteiger partial charge in [0.1, 0.15) is 0 Å². The molecular weight excluding hydrogens is 252 g/mol. The number of halogens is 1. The first-order valence-electron chi connectivity index (χ1n) is 5.22. The molecule has 1 aromatic carbocycles. The molecule has 0 saturated carbocycles. The molecular formula is C12H15BrN2. The molecule has 0 aliphatic carbocycles. The summed E-state index contributed by atoms with van der Waals surface area (Å²) in [6.45, 7) is 1.07. The molecule has 0 atom stereocenters. The van der Waals surface area contributed by atoms with Crippen molar-refractivity contribution in [1.82, 2.24) is 10.3 Å². The molecule has 0 amide bonds. The second-order valence-electron chi connectivity index (χ2n) is 3.68. The fourth-order valence-corrected chi connectivity index (χ4v) is 2.32. The Bertz CT molecular complexity index is 448. The van der Waals surface area contributed by atoms with Crippen LogP contribution in [0.15, 0.2) is 28.9 Å². The van der Waals surface area contributed by atoms with Crippen LogP contribution in [-0.4, -0.2) is 18.6 Å². The first-order chi connectivity index (χ1) is 7.33. The predicted octanol–water partition coefficient (Wildman–Crippen LogP) is 3.08. The normalized spacial score (nSPS) is 11.1. The summed E-state index contributed by atoms with van der Waals surface area (Å²) in [6, 6.07) is 6.32. The molecule has 0 spiro atoms. The summed E-state index contributed by atoms with van der Waals surface area (Å²) >= 11 is 3.55. The maximum atomic E-state index is 3.55. The van der Waals surface area contributed by atoms with Crippen LogP contribution in [0.3, 0.4) is 0 Å². The van der Waals surface area contributed by atoms with Crippen LogP contribution in [-0.2, 0) is 6.42 Å². The summed E-state index contributed by atoms with van der Waals surface area (Å²) in [4.78, 5) is 3.32. The minimum absolute atomic E-state index is 1.07. The molecule has 0 radical (unpaired) electrons. The fourth-order valence-electron chi connectivity index (χ4n) is 1.84. The molecule has 0 saturated heterocycles. The van der Waals surface area contributed by atoms with E-state index in [0.717, 1.165) is 17.4 Å². The largest absolute Gasteiger partial charge is 0.360 e. The predicted molar refractivity (Wildman–Crippen MR) is 68.2 cm³/mol. The van der Waals surface area contributed by atoms with E-state index < -0.39 is 0 Å². The number of hydrogen-bond donors (Lipinski definition) is 2. The number of rotatable bonds is 4. The molecule has 2 N–H and O–H groups in total. The van der Waals surface area contributed by atoms with Gasteiger partial charge in [-0.2, -0.15) is 0 Å². The standard InChI is InChI=1S/C12H15BrN2/c1-14-7-3-4-9-8-15-12-10(9)5-2-6-11(12)13/h2,5-6,8,14-15H,3-4,7H2,1H3. The summed E-state index contributed by atoms with van der Waals surface area (Å²) < 4.78 is 1.14. The zero-order chi connectivity index (χ0) is 10.7. The molecule has 0 aliphatic rings. The van der Waals surface area contributed by atoms with Crippen molar-refractivity contribution < 1.29 is 0 Å². The number of benzene rings is 1. The van der Waals surface area contributed by atoms with E-state index in [1.54, 1.807) is 0 Å². The molecule has 15 heavy (non-hydrogen) atoms. The van der Waals surface area contributed by atoms with Gasteiger partial charge in [-0.05, 0) is 54.0 Å². The maximum Gasteiger partial charge on any atom is 0.0601 e. The Labute approximate surface area is 98.2 Å². The van der Waals surface area contributed by atoms with Gasteiger partial charge in [-0.3, -0.25) is 0 Å². The number of fused-ring (bicyclic) bond motifs is 1. The minimum Gasteiger partial charge on any atom is -0.360 e. The summed E-state index contributed by atoms with van der Waals surface area (Å²) in [7, 11) is 1.99. The summed E-state index contributed by atoms with van der Waals surface area (Å²) in [6.07, 6.45) is 4.42. The first kappa shape index (κ1) is 10.7. The summed E-state index contributed by atoms with van der Waals surface area (Å²) in [5.41, 5.74) is 2.61. The molecule has 0 aliphatic heterocycles. The lowest BCUT2D eigenvalue weighted by Crippen LogP contribution is -2.08. The van der Waals surface area contributed by atoms with Crippen LogP contribution >= 0.6 is 15.9 Å². The van der Waals surface area contributed by atoms with Crippen molar-refractivity contribution in [1.29, 1.82) is 0 Å². The summed E-state index contributed by atoms with van der Waals surface area (Å²) in [5, 5.41) is 4.50. The summed E-state index contributed by atoms with van der Waals surface area (Å²) in [5.74, 6) is 0. The van der Waals surface area contributed by atoms with Crippen molar-refractivity contribution in [3.05, 3.63) is 34.4 Å². The van der Waals surface area contributed by atoms with E-state index in [9.17, 15) is 0 Å². The van der Waals surface area contributed by atoms with Crippen LogP contribution < -0.4 is 5.32 Å². The average Bonchev–Trinajstić information content (AvgIpc) is 2.64. The van der Waals surface area contributed by atoms with Crippen LogP contribution in [0, 0.1) is 0 Å². The average molecular weight is 267 g/mol. The SMILES string of the molecule is CNCCCc1c[nH]c2c(Br)cccc12. The van der Waals surface area contributed by atoms with Crippen molar-refractivity contribution in [3.8, 4) is 0 Å². The Kier molecular flexibility index (Phi) is 3.44. The van der Waals surface area contributed by atoms with Gasteiger partial charge < -0.3 is 10.3 Å². The molecule has 1 heterocycles. The van der Waals surface area contributed by atoms with Crippen molar-refractivity contribution >= 4 is 26.8 Å². The molecule has 2 aromatic rings. The van der Waals surface area contributed by atoms with Gasteiger partial charge in [0.25, 0.3) is 0 Å². The Balaban J connectivity index is 2.25. The quantitative estimate of drug-likeness (QED) is 0.818. The second kappa shape index (κ2) is 4.81. The van der Waals surface area contributed by atoms with Crippen LogP contribution in [0.4, 0.5) is 0 Å². The molecule has 2 rings (SSSR count). The number of nitrogens with one attached hydrogen (secondary N) is 2. The number of aryl methyl sites for hydroxylation is 1. The lowest BCUT2D eigenvalue weighted by atomic mass is 10.1. The Morgan fingerprint density at radius 2 is 2.27 bits per heavy atom. The third kappa shape index (κ3) is 2.24. The van der Waals surface area contributed by atoms with E-state index in [4.69, 9.17) is 0 Å². The van der Waals surface area contributed by atoms with Crippen LogP contribution in [0.5, 0.6) is 0 Å². The van der Waals surface area contributed by atoms with E-state index in [-0.39, 0.29) is 0 Å². The number of aromatic amines is 1. The van der Waals surface area contributed by atoms with Gasteiger partial charge in [0.2, 0.25) is 0 Å². The van der Waals surface area contributed by atoms with Gasteiger partial charge in [-0.15, -0.1) is 0 Å². The Hall–Kier alpha value is -0.800. The third-order valence-electron chi connectivity index (χ3n) is 2.62. The van der Waals surface area contributed by atoms with Gasteiger partial charge in [0, 0.05) is 16.1 Å². The monoisotopic (exact) mass is 266 g/mol. The van der Waals surface area contributed by atoms with Gasteiger partial charge in [-0.1, -0.05) is 12.1 Å². The number of aromatic nitrogens is 1. The van der Waals surface area contributed by atoms with E-state index in [0.29, 0.717) is 0 Å². The highest BCUT2D eigenvalue weighted by molar-refractivity contribution is 9.10. The van der Waals surface area contributed by atoms with Crippen molar-refractivity contribution in [3.63, 3.8) is 0 Å². The second-order valence-corrected chi connectivity index (χ2v) is 4.54. The lowest BCUT2D eigenvalue weighted by molar-refractivity contribution is 0.727. The van der Waals surface area contributed by atoms with E-state index in [1.807, 2.05) is 7.05 Å². The van der Waals surface area contributed by atoms with Gasteiger partial charge in [0.05, 0.1) is 5.52 Å². The number of H-pyrrole nitrogens is 1. The van der Waals surface area contributed by atoms with Crippen LogP contribution in [0.2, 0.25) is 0 Å². The van der Waals surface area contributed by atoms with Crippen molar-refractivity contribution in [2.24, 2.45) is 0 Å². The third-order valence-corrected chi connectivity index (χ3v) is 3.28. The number of hydrogen-bond acceptors (Lipinski definition) is 1.